The molecule has 0 saturated heterocycles. The summed E-state index contributed by atoms with van der Waals surface area (Å²) in [6.07, 6.45) is 0. The van der Waals surface area contributed by atoms with Crippen molar-refractivity contribution in [2.24, 2.45) is 0 Å². The Bertz CT molecular complexity index is 524. The smallest absolute Gasteiger partial charge is 0.216 e. The summed E-state index contributed by atoms with van der Waals surface area (Å²) < 4.78 is 27.5. The number of sulfone groups is 1. The number of rotatable bonds is 6. The highest BCUT2D eigenvalue weighted by Crippen LogP contribution is 2.31. The van der Waals surface area contributed by atoms with Crippen LogP contribution in [0, 0.1) is 0 Å². The van der Waals surface area contributed by atoms with Gasteiger partial charge in [-0.15, -0.1) is 0 Å². The van der Waals surface area contributed by atoms with Crippen LogP contribution in [0.3, 0.4) is 0 Å². The van der Waals surface area contributed by atoms with Gasteiger partial charge in [-0.05, 0) is 11.5 Å². The molecule has 102 valence electrons. The van der Waals surface area contributed by atoms with E-state index in [1.165, 1.54) is 6.92 Å². The number of amides is 1. The summed E-state index contributed by atoms with van der Waals surface area (Å²) in [6, 6.07) is 0. The second-order valence-corrected chi connectivity index (χ2v) is 6.53. The maximum Gasteiger partial charge on any atom is 0.216 e. The van der Waals surface area contributed by atoms with Gasteiger partial charge in [0, 0.05) is 20.0 Å². The Morgan fingerprint density at radius 2 is 2.11 bits per heavy atom. The van der Waals surface area contributed by atoms with Crippen molar-refractivity contribution in [1.82, 2.24) is 9.69 Å². The average Bonchev–Trinajstić information content (AvgIpc) is 2.66. The van der Waals surface area contributed by atoms with E-state index in [1.807, 2.05) is 0 Å². The second-order valence-electron chi connectivity index (χ2n) is 3.54. The van der Waals surface area contributed by atoms with Crippen molar-refractivity contribution >= 4 is 38.1 Å². The molecule has 0 fully saturated rings. The lowest BCUT2D eigenvalue weighted by Gasteiger charge is -2.07. The van der Waals surface area contributed by atoms with Gasteiger partial charge in [-0.2, -0.15) is 4.37 Å². The van der Waals surface area contributed by atoms with Gasteiger partial charge in [0.2, 0.25) is 5.91 Å². The molecule has 0 radical (unpaired) electrons. The lowest BCUT2D eigenvalue weighted by molar-refractivity contribution is -0.118. The number of nitrogens with two attached hydrogens (primary N) is 1. The second kappa shape index (κ2) is 6.01. The van der Waals surface area contributed by atoms with Crippen LogP contribution in [0.15, 0.2) is 4.90 Å². The summed E-state index contributed by atoms with van der Waals surface area (Å²) in [4.78, 5) is 10.7. The van der Waals surface area contributed by atoms with Gasteiger partial charge in [-0.25, -0.2) is 8.42 Å². The minimum atomic E-state index is -3.40. The first-order valence-electron chi connectivity index (χ1n) is 5.34. The third-order valence-electron chi connectivity index (χ3n) is 2.15. The molecule has 7 nitrogen and oxygen atoms in total. The van der Waals surface area contributed by atoms with Crippen LogP contribution in [-0.2, 0) is 14.6 Å². The molecule has 1 aromatic rings. The largest absolute Gasteiger partial charge is 0.382 e. The van der Waals surface area contributed by atoms with E-state index in [0.717, 1.165) is 11.5 Å². The predicted octanol–water partition coefficient (Wildman–Crippen LogP) is 0.0669. The van der Waals surface area contributed by atoms with Crippen molar-refractivity contribution in [2.75, 3.05) is 29.9 Å². The minimum absolute atomic E-state index is 0.0175. The van der Waals surface area contributed by atoms with E-state index in [1.54, 1.807) is 6.92 Å². The van der Waals surface area contributed by atoms with Crippen LogP contribution in [0.1, 0.15) is 13.8 Å². The Balaban J connectivity index is 2.76. The quantitative estimate of drug-likeness (QED) is 0.639. The zero-order valence-corrected chi connectivity index (χ0v) is 11.8. The normalized spacial score (nSPS) is 11.2. The first-order valence-corrected chi connectivity index (χ1v) is 7.77. The fraction of sp³-hybridized carbons (Fsp3) is 0.556. The Hall–Kier alpha value is -1.35. The fourth-order valence-electron chi connectivity index (χ4n) is 1.27. The van der Waals surface area contributed by atoms with Gasteiger partial charge in [0.25, 0.3) is 0 Å². The highest BCUT2D eigenvalue weighted by molar-refractivity contribution is 7.91. The van der Waals surface area contributed by atoms with E-state index < -0.39 is 9.84 Å². The molecule has 1 amide bonds. The van der Waals surface area contributed by atoms with Crippen LogP contribution in [0.2, 0.25) is 0 Å². The summed E-state index contributed by atoms with van der Waals surface area (Å²) >= 11 is 0.999. The van der Waals surface area contributed by atoms with Gasteiger partial charge < -0.3 is 16.4 Å². The maximum atomic E-state index is 11.8. The van der Waals surface area contributed by atoms with Crippen LogP contribution in [0.4, 0.5) is 10.8 Å². The molecule has 0 unspecified atom stereocenters. The zero-order valence-electron chi connectivity index (χ0n) is 10.2. The predicted molar refractivity (Wildman–Crippen MR) is 71.4 cm³/mol. The number of carbonyl (C=O) groups is 1. The number of nitrogens with one attached hydrogen (secondary N) is 2. The molecule has 9 heteroatoms. The molecule has 1 aromatic heterocycles. The van der Waals surface area contributed by atoms with Crippen molar-refractivity contribution in [3.63, 3.8) is 0 Å². The van der Waals surface area contributed by atoms with Crippen LogP contribution in [0.25, 0.3) is 0 Å². The van der Waals surface area contributed by atoms with Gasteiger partial charge in [0.1, 0.15) is 9.90 Å². The van der Waals surface area contributed by atoms with Crippen molar-refractivity contribution < 1.29 is 13.2 Å². The van der Waals surface area contributed by atoms with Crippen molar-refractivity contribution in [2.45, 2.75) is 18.7 Å². The average molecular weight is 292 g/mol. The lowest BCUT2D eigenvalue weighted by atomic mass is 10.5. The third kappa shape index (κ3) is 3.57. The van der Waals surface area contributed by atoms with E-state index in [2.05, 4.69) is 15.0 Å². The number of aromatic nitrogens is 1. The van der Waals surface area contributed by atoms with Gasteiger partial charge in [0.05, 0.1) is 5.75 Å². The molecule has 0 saturated carbocycles. The summed E-state index contributed by atoms with van der Waals surface area (Å²) in [5.74, 6) is -0.151. The monoisotopic (exact) mass is 292 g/mol. The number of nitrogens with zero attached hydrogens (tertiary/aromatic N) is 1. The Morgan fingerprint density at radius 3 is 2.67 bits per heavy atom. The van der Waals surface area contributed by atoms with Crippen molar-refractivity contribution in [1.29, 1.82) is 0 Å². The van der Waals surface area contributed by atoms with Gasteiger partial charge in [0.15, 0.2) is 15.7 Å². The maximum absolute atomic E-state index is 11.8. The topological polar surface area (TPSA) is 114 Å². The van der Waals surface area contributed by atoms with E-state index >= 15 is 0 Å². The van der Waals surface area contributed by atoms with Crippen LogP contribution >= 0.6 is 11.5 Å². The van der Waals surface area contributed by atoms with Gasteiger partial charge in [-0.1, -0.05) is 6.92 Å². The molecular formula is C9H16N4O3S2. The fourth-order valence-corrected chi connectivity index (χ4v) is 3.46. The summed E-state index contributed by atoms with van der Waals surface area (Å²) in [7, 11) is -3.40. The van der Waals surface area contributed by atoms with Crippen molar-refractivity contribution in [3.8, 4) is 0 Å². The highest BCUT2D eigenvalue weighted by atomic mass is 32.2. The van der Waals surface area contributed by atoms with E-state index in [-0.39, 0.29) is 22.4 Å². The van der Waals surface area contributed by atoms with Crippen LogP contribution in [0.5, 0.6) is 0 Å². The molecule has 0 aliphatic heterocycles. The zero-order chi connectivity index (χ0) is 13.8. The van der Waals surface area contributed by atoms with Gasteiger partial charge in [-0.3, -0.25) is 4.79 Å². The first-order chi connectivity index (χ1) is 8.38. The summed E-state index contributed by atoms with van der Waals surface area (Å²) in [6.45, 7) is 3.78. The molecule has 18 heavy (non-hydrogen) atoms. The standard InChI is InChI=1S/C9H16N4O3S2/c1-3-18(15,16)7-8(10)13-17-9(7)12-5-4-11-6(2)14/h12H,3-5H2,1-2H3,(H2,10,13)(H,11,14). The number of anilines is 2. The highest BCUT2D eigenvalue weighted by Gasteiger charge is 2.23. The van der Waals surface area contributed by atoms with Crippen molar-refractivity contribution in [3.05, 3.63) is 0 Å². The first kappa shape index (κ1) is 14.7. The third-order valence-corrected chi connectivity index (χ3v) is 4.89. The summed E-state index contributed by atoms with van der Waals surface area (Å²) in [5.41, 5.74) is 5.57. The molecule has 0 bridgehead atoms. The Labute approximate surface area is 110 Å². The molecule has 1 heterocycles. The van der Waals surface area contributed by atoms with Gasteiger partial charge >= 0.3 is 0 Å². The summed E-state index contributed by atoms with van der Waals surface area (Å²) in [5, 5.41) is 5.93. The minimum Gasteiger partial charge on any atom is -0.382 e. The molecule has 0 spiro atoms. The van der Waals surface area contributed by atoms with E-state index in [0.29, 0.717) is 18.1 Å². The molecule has 0 aromatic carbocycles. The van der Waals surface area contributed by atoms with E-state index in [4.69, 9.17) is 5.73 Å². The van der Waals surface area contributed by atoms with Crippen LogP contribution < -0.4 is 16.4 Å². The molecule has 0 atom stereocenters. The molecule has 4 N–H and O–H groups in total. The van der Waals surface area contributed by atoms with E-state index in [9.17, 15) is 13.2 Å². The number of hydrogen-bond acceptors (Lipinski definition) is 7. The molecule has 0 aliphatic rings. The molecule has 0 aliphatic carbocycles. The number of hydrogen-bond donors (Lipinski definition) is 3. The molecule has 1 rings (SSSR count). The Kier molecular flexibility index (Phi) is 4.91. The Morgan fingerprint density at radius 1 is 1.44 bits per heavy atom. The number of carbonyl (C=O) groups excluding carboxylic acids is 1. The SMILES string of the molecule is CCS(=O)(=O)c1c(N)nsc1NCCNC(C)=O. The van der Waals surface area contributed by atoms with Crippen LogP contribution in [-0.4, -0.2) is 37.5 Å². The molecular weight excluding hydrogens is 276 g/mol. The number of nitrogen functional groups attached to an aromatic ring is 1. The lowest BCUT2D eigenvalue weighted by Crippen LogP contribution is -2.26.